The largest absolute Gasteiger partial charge is 0.357 e. The molecule has 0 spiro atoms. The average Bonchev–Trinajstić information content (AvgIpc) is 3.50. The molecule has 2 heterocycles. The van der Waals surface area contributed by atoms with Crippen LogP contribution < -0.4 is 16.0 Å². The number of rotatable bonds is 8. The van der Waals surface area contributed by atoms with Crippen molar-refractivity contribution in [1.82, 2.24) is 25.8 Å². The van der Waals surface area contributed by atoms with Crippen LogP contribution in [0.5, 0.6) is 0 Å². The normalized spacial score (nSPS) is 26.3. The molecule has 29 heavy (non-hydrogen) atoms. The molecule has 2 aliphatic heterocycles. The van der Waals surface area contributed by atoms with Crippen molar-refractivity contribution >= 4 is 41.9 Å². The molecule has 9 heteroatoms. The van der Waals surface area contributed by atoms with E-state index in [0.29, 0.717) is 32.0 Å². The highest BCUT2D eigenvalue weighted by atomic mass is 127. The van der Waals surface area contributed by atoms with Gasteiger partial charge in [-0.25, -0.2) is 4.79 Å². The van der Waals surface area contributed by atoms with Gasteiger partial charge in [0.05, 0.1) is 0 Å². The highest BCUT2D eigenvalue weighted by Gasteiger charge is 2.45. The second-order valence-electron chi connectivity index (χ2n) is 8.37. The van der Waals surface area contributed by atoms with E-state index >= 15 is 0 Å². The molecule has 8 nitrogen and oxygen atoms in total. The van der Waals surface area contributed by atoms with E-state index in [-0.39, 0.29) is 35.9 Å². The van der Waals surface area contributed by atoms with E-state index < -0.39 is 5.54 Å². The van der Waals surface area contributed by atoms with Crippen molar-refractivity contribution in [3.05, 3.63) is 0 Å². The number of nitrogens with zero attached hydrogens (tertiary/aromatic N) is 3. The third-order valence-corrected chi connectivity index (χ3v) is 6.14. The summed E-state index contributed by atoms with van der Waals surface area (Å²) in [6, 6.07) is 1.03. The monoisotopic (exact) mass is 520 g/mol. The lowest BCUT2D eigenvalue weighted by atomic mass is 9.99. The number of hydrogen-bond donors (Lipinski definition) is 3. The summed E-state index contributed by atoms with van der Waals surface area (Å²) < 4.78 is 0. The lowest BCUT2D eigenvalue weighted by Crippen LogP contribution is -2.49. The number of urea groups is 1. The summed E-state index contributed by atoms with van der Waals surface area (Å²) in [7, 11) is 0. The second kappa shape index (κ2) is 10.8. The molecule has 0 aromatic rings. The number of carbonyl (C=O) groups is 2. The van der Waals surface area contributed by atoms with Crippen LogP contribution in [0.3, 0.4) is 0 Å². The minimum Gasteiger partial charge on any atom is -0.357 e. The molecule has 2 saturated heterocycles. The Morgan fingerprint density at radius 1 is 1.21 bits per heavy atom. The topological polar surface area (TPSA) is 89.1 Å². The zero-order chi connectivity index (χ0) is 20.1. The summed E-state index contributed by atoms with van der Waals surface area (Å²) in [5.41, 5.74) is -0.758. The molecular weight excluding hydrogens is 483 g/mol. The van der Waals surface area contributed by atoms with Crippen LogP contribution in [0.15, 0.2) is 4.99 Å². The smallest absolute Gasteiger partial charge is 0.325 e. The van der Waals surface area contributed by atoms with Crippen molar-refractivity contribution in [1.29, 1.82) is 0 Å². The van der Waals surface area contributed by atoms with Gasteiger partial charge in [-0.15, -0.1) is 24.0 Å². The molecule has 1 atom stereocenters. The maximum atomic E-state index is 12.4. The molecule has 1 saturated carbocycles. The molecule has 3 rings (SSSR count). The van der Waals surface area contributed by atoms with Crippen molar-refractivity contribution in [2.45, 2.75) is 76.9 Å². The summed E-state index contributed by atoms with van der Waals surface area (Å²) in [4.78, 5) is 33.1. The fourth-order valence-electron chi connectivity index (χ4n) is 3.97. The number of imide groups is 1. The van der Waals surface area contributed by atoms with Crippen LogP contribution >= 0.6 is 24.0 Å². The van der Waals surface area contributed by atoms with Crippen molar-refractivity contribution < 1.29 is 9.59 Å². The predicted molar refractivity (Wildman–Crippen MR) is 126 cm³/mol. The van der Waals surface area contributed by atoms with E-state index in [1.165, 1.54) is 30.8 Å². The molecule has 0 aromatic heterocycles. The Morgan fingerprint density at radius 3 is 2.45 bits per heavy atom. The van der Waals surface area contributed by atoms with E-state index in [1.54, 1.807) is 6.92 Å². The fourth-order valence-corrected chi connectivity index (χ4v) is 3.97. The molecule has 0 radical (unpaired) electrons. The first kappa shape index (κ1) is 24.2. The molecule has 3 amide bonds. The van der Waals surface area contributed by atoms with Gasteiger partial charge < -0.3 is 20.9 Å². The van der Waals surface area contributed by atoms with Gasteiger partial charge in [0.2, 0.25) is 0 Å². The van der Waals surface area contributed by atoms with Gasteiger partial charge in [0.15, 0.2) is 5.96 Å². The first-order valence-corrected chi connectivity index (χ1v) is 10.9. The minimum atomic E-state index is -0.758. The average molecular weight is 520 g/mol. The Bertz CT molecular complexity index is 604. The van der Waals surface area contributed by atoms with Crippen LogP contribution in [0.2, 0.25) is 0 Å². The van der Waals surface area contributed by atoms with Gasteiger partial charge in [-0.2, -0.15) is 0 Å². The van der Waals surface area contributed by atoms with Gasteiger partial charge in [0, 0.05) is 44.8 Å². The first-order chi connectivity index (χ1) is 13.5. The molecule has 3 aliphatic rings. The lowest BCUT2D eigenvalue weighted by molar-refractivity contribution is -0.130. The lowest BCUT2D eigenvalue weighted by Gasteiger charge is -2.33. The van der Waals surface area contributed by atoms with Crippen molar-refractivity contribution in [3.8, 4) is 0 Å². The van der Waals surface area contributed by atoms with E-state index in [2.05, 4.69) is 32.8 Å². The van der Waals surface area contributed by atoms with Crippen LogP contribution in [0, 0.1) is 0 Å². The highest BCUT2D eigenvalue weighted by Crippen LogP contribution is 2.29. The number of likely N-dealkylation sites (tertiary alicyclic amines) is 1. The van der Waals surface area contributed by atoms with Crippen molar-refractivity contribution in [2.75, 3.05) is 32.7 Å². The number of piperidine rings is 1. The number of guanidine groups is 1. The minimum absolute atomic E-state index is 0. The summed E-state index contributed by atoms with van der Waals surface area (Å²) in [6.07, 6.45) is 6.31. The van der Waals surface area contributed by atoms with E-state index in [9.17, 15) is 9.59 Å². The standard InChI is InChI=1S/C20H36N6O2.HI/c1-4-20(3)17(27)26(19(28)24-20)12-6-11-22-18(21-5-2)23-15-9-13-25(14-10-15)16-7-8-16;/h15-16H,4-14H2,1-3H3,(H,24,28)(H2,21,22,23);1H. The zero-order valence-electron chi connectivity index (χ0n) is 18.0. The number of aliphatic imine (C=N–C) groups is 1. The van der Waals surface area contributed by atoms with Gasteiger partial charge in [-0.05, 0) is 52.4 Å². The molecule has 0 aromatic carbocycles. The Kier molecular flexibility index (Phi) is 8.99. The van der Waals surface area contributed by atoms with Gasteiger partial charge >= 0.3 is 6.03 Å². The number of hydrogen-bond acceptors (Lipinski definition) is 4. The number of amides is 3. The Balaban J connectivity index is 0.00000300. The fraction of sp³-hybridized carbons (Fsp3) is 0.850. The van der Waals surface area contributed by atoms with E-state index in [0.717, 1.165) is 31.4 Å². The van der Waals surface area contributed by atoms with Crippen LogP contribution in [-0.4, -0.2) is 78.0 Å². The van der Waals surface area contributed by atoms with E-state index in [1.807, 2.05) is 6.92 Å². The molecule has 3 fully saturated rings. The summed E-state index contributed by atoms with van der Waals surface area (Å²) in [5, 5.41) is 9.66. The summed E-state index contributed by atoms with van der Waals surface area (Å²) in [5.74, 6) is 0.708. The molecule has 0 bridgehead atoms. The molecule has 1 aliphatic carbocycles. The van der Waals surface area contributed by atoms with Crippen LogP contribution in [0.4, 0.5) is 4.79 Å². The second-order valence-corrected chi connectivity index (χ2v) is 8.37. The van der Waals surface area contributed by atoms with Crippen LogP contribution in [0.1, 0.15) is 59.3 Å². The van der Waals surface area contributed by atoms with Crippen molar-refractivity contribution in [2.24, 2.45) is 4.99 Å². The zero-order valence-corrected chi connectivity index (χ0v) is 20.3. The van der Waals surface area contributed by atoms with E-state index in [4.69, 9.17) is 0 Å². The Morgan fingerprint density at radius 2 is 1.90 bits per heavy atom. The first-order valence-electron chi connectivity index (χ1n) is 10.9. The van der Waals surface area contributed by atoms with Gasteiger partial charge in [-0.1, -0.05) is 6.92 Å². The molecule has 166 valence electrons. The number of carbonyl (C=O) groups excluding carboxylic acids is 2. The Hall–Kier alpha value is -1.10. The SMILES string of the molecule is CCNC(=NCCCN1C(=O)NC(C)(CC)C1=O)NC1CCN(C2CC2)CC1.I. The highest BCUT2D eigenvalue weighted by molar-refractivity contribution is 14.0. The quantitative estimate of drug-likeness (QED) is 0.150. The molecular formula is C20H37IN6O2. The third-order valence-electron chi connectivity index (χ3n) is 6.14. The van der Waals surface area contributed by atoms with Gasteiger partial charge in [0.25, 0.3) is 5.91 Å². The van der Waals surface area contributed by atoms with Crippen LogP contribution in [0.25, 0.3) is 0 Å². The maximum absolute atomic E-state index is 12.4. The van der Waals surface area contributed by atoms with Gasteiger partial charge in [-0.3, -0.25) is 14.7 Å². The Labute approximate surface area is 191 Å². The molecule has 1 unspecified atom stereocenters. The van der Waals surface area contributed by atoms with Crippen molar-refractivity contribution in [3.63, 3.8) is 0 Å². The van der Waals surface area contributed by atoms with Crippen LogP contribution in [-0.2, 0) is 4.79 Å². The third kappa shape index (κ3) is 6.19. The van der Waals surface area contributed by atoms with Gasteiger partial charge in [0.1, 0.15) is 5.54 Å². The summed E-state index contributed by atoms with van der Waals surface area (Å²) in [6.45, 7) is 9.90. The predicted octanol–water partition coefficient (Wildman–Crippen LogP) is 1.90. The molecule has 3 N–H and O–H groups in total. The summed E-state index contributed by atoms with van der Waals surface area (Å²) >= 11 is 0. The number of nitrogens with one attached hydrogen (secondary N) is 3. The maximum Gasteiger partial charge on any atom is 0.325 e. The number of halogens is 1.